The predicted molar refractivity (Wildman–Crippen MR) is 137 cm³/mol. The number of rotatable bonds is 10. The first-order valence-electron chi connectivity index (χ1n) is 11.4. The van der Waals surface area contributed by atoms with Crippen molar-refractivity contribution in [3.8, 4) is 5.69 Å². The smallest absolute Gasteiger partial charge is 0.340 e. The molecule has 9 heteroatoms. The summed E-state index contributed by atoms with van der Waals surface area (Å²) in [5.41, 5.74) is 1.25. The van der Waals surface area contributed by atoms with Gasteiger partial charge in [0.1, 0.15) is 0 Å². The Balaban J connectivity index is 1.67. The first-order chi connectivity index (χ1) is 17.4. The normalized spacial score (nSPS) is 10.8. The molecule has 0 aliphatic rings. The molecule has 0 unspecified atom stereocenters. The first kappa shape index (κ1) is 24.9. The molecule has 8 nitrogen and oxygen atoms in total. The number of carbonyl (C=O) groups is 4. The van der Waals surface area contributed by atoms with E-state index >= 15 is 0 Å². The van der Waals surface area contributed by atoms with E-state index in [0.717, 1.165) is 5.69 Å². The van der Waals surface area contributed by atoms with Gasteiger partial charge in [-0.3, -0.25) is 9.59 Å². The van der Waals surface area contributed by atoms with Crippen molar-refractivity contribution in [3.63, 3.8) is 0 Å². The number of anilines is 1. The van der Waals surface area contributed by atoms with E-state index in [2.05, 4.69) is 5.32 Å². The number of para-hydroxylation sites is 1. The molecule has 1 amide bonds. The van der Waals surface area contributed by atoms with Crippen molar-refractivity contribution in [1.82, 2.24) is 4.57 Å². The monoisotopic (exact) mass is 504 g/mol. The van der Waals surface area contributed by atoms with Gasteiger partial charge in [-0.2, -0.15) is 0 Å². The molecule has 0 bridgehead atoms. The van der Waals surface area contributed by atoms with Crippen LogP contribution in [0.4, 0.5) is 5.69 Å². The minimum atomic E-state index is -1.21. The molecule has 0 spiro atoms. The number of carboxylic acid groups (broad SMARTS) is 1. The molecule has 0 atom stereocenters. The molecule has 0 aliphatic carbocycles. The maximum atomic E-state index is 13.0. The highest BCUT2D eigenvalue weighted by molar-refractivity contribution is 7.12. The molecule has 0 saturated heterocycles. The summed E-state index contributed by atoms with van der Waals surface area (Å²) in [5, 5.41) is 14.6. The molecule has 36 heavy (non-hydrogen) atoms. The summed E-state index contributed by atoms with van der Waals surface area (Å²) in [6, 6.07) is 15.9. The van der Waals surface area contributed by atoms with Crippen LogP contribution in [0.15, 0.2) is 66.2 Å². The first-order valence-corrected chi connectivity index (χ1v) is 12.3. The van der Waals surface area contributed by atoms with E-state index in [1.54, 1.807) is 35.8 Å². The number of hydrogen-bond acceptors (Lipinski definition) is 6. The van der Waals surface area contributed by atoms with Crippen molar-refractivity contribution in [3.05, 3.63) is 82.2 Å². The van der Waals surface area contributed by atoms with Gasteiger partial charge in [0.15, 0.2) is 5.78 Å². The lowest BCUT2D eigenvalue weighted by Crippen LogP contribution is -2.16. The van der Waals surface area contributed by atoms with Gasteiger partial charge >= 0.3 is 11.9 Å². The van der Waals surface area contributed by atoms with Gasteiger partial charge in [-0.05, 0) is 49.1 Å². The second-order valence-corrected chi connectivity index (χ2v) is 8.91. The zero-order valence-corrected chi connectivity index (χ0v) is 20.3. The van der Waals surface area contributed by atoms with Gasteiger partial charge in [-0.1, -0.05) is 24.3 Å². The number of amides is 1. The Hall–Kier alpha value is -4.24. The minimum absolute atomic E-state index is 0.0237. The second kappa shape index (κ2) is 11.0. The zero-order chi connectivity index (χ0) is 25.7. The van der Waals surface area contributed by atoms with Gasteiger partial charge in [0.05, 0.1) is 33.8 Å². The van der Waals surface area contributed by atoms with Crippen LogP contribution in [0.3, 0.4) is 0 Å². The van der Waals surface area contributed by atoms with Gasteiger partial charge in [0, 0.05) is 30.1 Å². The molecular formula is C27H24N2O6S. The Labute approximate surface area is 211 Å². The van der Waals surface area contributed by atoms with Crippen molar-refractivity contribution in [2.45, 2.75) is 26.2 Å². The van der Waals surface area contributed by atoms with Crippen LogP contribution in [-0.4, -0.2) is 39.9 Å². The van der Waals surface area contributed by atoms with Crippen LogP contribution in [0.25, 0.3) is 16.6 Å². The van der Waals surface area contributed by atoms with Crippen LogP contribution in [0.1, 0.15) is 56.6 Å². The maximum Gasteiger partial charge on any atom is 0.340 e. The van der Waals surface area contributed by atoms with Crippen molar-refractivity contribution < 1.29 is 29.0 Å². The maximum absolute atomic E-state index is 13.0. The molecule has 0 aliphatic heterocycles. The molecular weight excluding hydrogens is 480 g/mol. The Morgan fingerprint density at radius 2 is 1.78 bits per heavy atom. The number of Topliss-reactive ketones (excluding diaryl/α,β-unsaturated/α-hetero) is 1. The van der Waals surface area contributed by atoms with Gasteiger partial charge in [-0.25, -0.2) is 9.59 Å². The number of fused-ring (bicyclic) bond motifs is 1. The number of aromatic carboxylic acids is 1. The lowest BCUT2D eigenvalue weighted by molar-refractivity contribution is -0.116. The average molecular weight is 505 g/mol. The molecule has 0 radical (unpaired) electrons. The Morgan fingerprint density at radius 3 is 2.44 bits per heavy atom. The molecule has 0 fully saturated rings. The molecule has 0 saturated carbocycles. The number of carbonyl (C=O) groups excluding carboxylic acids is 3. The highest BCUT2D eigenvalue weighted by Gasteiger charge is 2.26. The third-order valence-corrected chi connectivity index (χ3v) is 6.50. The molecule has 2 aromatic carbocycles. The number of nitrogens with one attached hydrogen (secondary N) is 1. The number of carboxylic acids is 1. The number of ketones is 1. The lowest BCUT2D eigenvalue weighted by Gasteiger charge is -2.13. The number of ether oxygens (including phenoxy) is 1. The fraction of sp³-hybridized carbons (Fsp3) is 0.185. The molecule has 4 aromatic rings. The lowest BCUT2D eigenvalue weighted by atomic mass is 10.0. The fourth-order valence-electron chi connectivity index (χ4n) is 3.99. The summed E-state index contributed by atoms with van der Waals surface area (Å²) in [4.78, 5) is 50.7. The van der Waals surface area contributed by atoms with Crippen molar-refractivity contribution in [2.75, 3.05) is 11.9 Å². The van der Waals surface area contributed by atoms with Crippen LogP contribution in [-0.2, 0) is 9.53 Å². The Morgan fingerprint density at radius 1 is 1.00 bits per heavy atom. The Kier molecular flexibility index (Phi) is 7.60. The number of esters is 1. The topological polar surface area (TPSA) is 115 Å². The standard InChI is InChI=1S/C27H24N2O6S/c1-2-35-27(34)25-19(28-23(31)12-6-10-21(30)22-11-7-15-36-22)13-14-20-24(25)18(26(32)33)16-29(20)17-8-4-3-5-9-17/h3-5,7-9,11,13-16H,2,6,10,12H2,1H3,(H,28,31)(H,32,33). The summed E-state index contributed by atoms with van der Waals surface area (Å²) >= 11 is 1.36. The van der Waals surface area contributed by atoms with E-state index in [-0.39, 0.29) is 47.4 Å². The molecule has 184 valence electrons. The average Bonchev–Trinajstić information content (AvgIpc) is 3.53. The van der Waals surface area contributed by atoms with Crippen molar-refractivity contribution >= 4 is 51.6 Å². The largest absolute Gasteiger partial charge is 0.478 e. The van der Waals surface area contributed by atoms with Crippen LogP contribution < -0.4 is 5.32 Å². The van der Waals surface area contributed by atoms with Crippen LogP contribution >= 0.6 is 11.3 Å². The van der Waals surface area contributed by atoms with E-state index in [4.69, 9.17) is 4.74 Å². The fourth-order valence-corrected chi connectivity index (χ4v) is 4.69. The molecule has 2 heterocycles. The van der Waals surface area contributed by atoms with Gasteiger partial charge in [0.25, 0.3) is 0 Å². The van der Waals surface area contributed by atoms with E-state index in [1.807, 2.05) is 35.7 Å². The summed E-state index contributed by atoms with van der Waals surface area (Å²) in [6.45, 7) is 1.73. The highest BCUT2D eigenvalue weighted by Crippen LogP contribution is 2.33. The van der Waals surface area contributed by atoms with Crippen LogP contribution in [0.2, 0.25) is 0 Å². The molecule has 4 rings (SSSR count). The summed E-state index contributed by atoms with van der Waals surface area (Å²) in [7, 11) is 0. The SMILES string of the molecule is CCOC(=O)c1c(NC(=O)CCCC(=O)c2cccs2)ccc2c1c(C(=O)O)cn2-c1ccccc1. The van der Waals surface area contributed by atoms with Gasteiger partial charge < -0.3 is 19.7 Å². The summed E-state index contributed by atoms with van der Waals surface area (Å²) in [6.07, 6.45) is 2.08. The highest BCUT2D eigenvalue weighted by atomic mass is 32.1. The molecule has 2 aromatic heterocycles. The number of hydrogen-bond donors (Lipinski definition) is 2. The van der Waals surface area contributed by atoms with Gasteiger partial charge in [-0.15, -0.1) is 11.3 Å². The van der Waals surface area contributed by atoms with E-state index < -0.39 is 17.8 Å². The quantitative estimate of drug-likeness (QED) is 0.216. The third kappa shape index (κ3) is 5.21. The minimum Gasteiger partial charge on any atom is -0.478 e. The summed E-state index contributed by atoms with van der Waals surface area (Å²) in [5.74, 6) is -2.37. The number of thiophene rings is 1. The number of aromatic nitrogens is 1. The summed E-state index contributed by atoms with van der Waals surface area (Å²) < 4.78 is 6.91. The third-order valence-electron chi connectivity index (χ3n) is 5.59. The number of nitrogens with zero attached hydrogens (tertiary/aromatic N) is 1. The second-order valence-electron chi connectivity index (χ2n) is 7.96. The van der Waals surface area contributed by atoms with Crippen LogP contribution in [0.5, 0.6) is 0 Å². The van der Waals surface area contributed by atoms with E-state index in [9.17, 15) is 24.3 Å². The molecule has 2 N–H and O–H groups in total. The van der Waals surface area contributed by atoms with Crippen molar-refractivity contribution in [2.24, 2.45) is 0 Å². The van der Waals surface area contributed by atoms with Crippen LogP contribution in [0, 0.1) is 0 Å². The Bertz CT molecular complexity index is 1420. The number of benzene rings is 2. The van der Waals surface area contributed by atoms with E-state index in [0.29, 0.717) is 16.8 Å². The van der Waals surface area contributed by atoms with E-state index in [1.165, 1.54) is 17.5 Å². The van der Waals surface area contributed by atoms with Crippen molar-refractivity contribution in [1.29, 1.82) is 0 Å². The van der Waals surface area contributed by atoms with Gasteiger partial charge in [0.2, 0.25) is 5.91 Å². The zero-order valence-electron chi connectivity index (χ0n) is 19.5. The predicted octanol–water partition coefficient (Wildman–Crippen LogP) is 5.56.